The Morgan fingerprint density at radius 2 is 1.69 bits per heavy atom. The van der Waals surface area contributed by atoms with Crippen molar-refractivity contribution >= 4 is 17.5 Å². The van der Waals surface area contributed by atoms with E-state index in [-0.39, 0.29) is 17.9 Å². The summed E-state index contributed by atoms with van der Waals surface area (Å²) in [5.74, 6) is 0.0337. The van der Waals surface area contributed by atoms with E-state index in [1.807, 2.05) is 65.6 Å². The first kappa shape index (κ1) is 16.8. The Balaban J connectivity index is 1.52. The number of para-hydroxylation sites is 1. The van der Waals surface area contributed by atoms with Gasteiger partial charge in [0.2, 0.25) is 11.8 Å². The first-order chi connectivity index (χ1) is 12.7. The molecule has 2 aliphatic heterocycles. The number of carbonyl (C=O) groups excluding carboxylic acids is 2. The minimum atomic E-state index is -0.417. The molecule has 2 fully saturated rings. The molecule has 0 aliphatic carbocycles. The number of carbonyl (C=O) groups is 2. The Morgan fingerprint density at radius 3 is 2.42 bits per heavy atom. The van der Waals surface area contributed by atoms with Crippen LogP contribution in [0.3, 0.4) is 0 Å². The monoisotopic (exact) mass is 350 g/mol. The molecule has 134 valence electrons. The molecule has 4 rings (SSSR count). The van der Waals surface area contributed by atoms with E-state index >= 15 is 0 Å². The van der Waals surface area contributed by atoms with Crippen LogP contribution in [0.25, 0.3) is 0 Å². The third-order valence-corrected chi connectivity index (χ3v) is 5.08. The molecular weight excluding hydrogens is 328 g/mol. The van der Waals surface area contributed by atoms with E-state index < -0.39 is 6.04 Å². The number of nitrogens with zero attached hydrogens (tertiary/aromatic N) is 2. The molecule has 2 aromatic rings. The average Bonchev–Trinajstić information content (AvgIpc) is 3.10. The highest BCUT2D eigenvalue weighted by molar-refractivity contribution is 6.03. The first-order valence-corrected chi connectivity index (χ1v) is 9.06. The first-order valence-electron chi connectivity index (χ1n) is 9.06. The van der Waals surface area contributed by atoms with Crippen molar-refractivity contribution in [1.29, 1.82) is 0 Å². The Kier molecular flexibility index (Phi) is 4.71. The summed E-state index contributed by atoms with van der Waals surface area (Å²) in [7, 11) is 0. The highest BCUT2D eigenvalue weighted by Crippen LogP contribution is 2.29. The number of rotatable bonds is 3. The summed E-state index contributed by atoms with van der Waals surface area (Å²) in [6, 6.07) is 19.0. The number of hydrogen-bond acceptors (Lipinski definition) is 3. The lowest BCUT2D eigenvalue weighted by Crippen LogP contribution is -2.51. The number of amides is 2. The molecule has 5 nitrogen and oxygen atoms in total. The highest BCUT2D eigenvalue weighted by Gasteiger charge is 2.40. The molecule has 0 bridgehead atoms. The SMILES string of the molecule is O=C(C1CCC(=O)N1c1ccccc1)N1CCOC(c2ccccc2)C1. The normalized spacial score (nSPS) is 23.3. The number of morpholine rings is 1. The summed E-state index contributed by atoms with van der Waals surface area (Å²) in [6.45, 7) is 1.60. The summed E-state index contributed by atoms with van der Waals surface area (Å²) < 4.78 is 5.87. The molecule has 2 atom stereocenters. The standard InChI is InChI=1S/C21H22N2O3/c24-20-12-11-18(23(20)17-9-5-2-6-10-17)21(25)22-13-14-26-19(15-22)16-7-3-1-4-8-16/h1-10,18-19H,11-15H2. The zero-order valence-electron chi connectivity index (χ0n) is 14.6. The van der Waals surface area contributed by atoms with Gasteiger partial charge in [-0.15, -0.1) is 0 Å². The Labute approximate surface area is 153 Å². The van der Waals surface area contributed by atoms with Gasteiger partial charge in [0, 0.05) is 18.7 Å². The molecule has 2 heterocycles. The van der Waals surface area contributed by atoms with E-state index in [9.17, 15) is 9.59 Å². The highest BCUT2D eigenvalue weighted by atomic mass is 16.5. The zero-order chi connectivity index (χ0) is 17.9. The Hall–Kier alpha value is -2.66. The lowest BCUT2D eigenvalue weighted by molar-refractivity contribution is -0.140. The third-order valence-electron chi connectivity index (χ3n) is 5.08. The van der Waals surface area contributed by atoms with Gasteiger partial charge in [0.1, 0.15) is 12.1 Å². The van der Waals surface area contributed by atoms with Gasteiger partial charge in [0.15, 0.2) is 0 Å². The summed E-state index contributed by atoms with van der Waals surface area (Å²) in [5.41, 5.74) is 1.87. The van der Waals surface area contributed by atoms with Gasteiger partial charge in [-0.2, -0.15) is 0 Å². The molecule has 0 radical (unpaired) electrons. The van der Waals surface area contributed by atoms with Crippen LogP contribution in [0.2, 0.25) is 0 Å². The molecule has 0 aromatic heterocycles. The Bertz CT molecular complexity index is 778. The quantitative estimate of drug-likeness (QED) is 0.855. The molecule has 2 aliphatic rings. The molecule has 2 amide bonds. The zero-order valence-corrected chi connectivity index (χ0v) is 14.6. The molecular formula is C21H22N2O3. The summed E-state index contributed by atoms with van der Waals surface area (Å²) in [4.78, 5) is 29.1. The van der Waals surface area contributed by atoms with Crippen molar-refractivity contribution in [2.45, 2.75) is 25.0 Å². The maximum absolute atomic E-state index is 13.2. The fourth-order valence-electron chi connectivity index (χ4n) is 3.76. The minimum absolute atomic E-state index is 0.0161. The van der Waals surface area contributed by atoms with Crippen LogP contribution in [0.15, 0.2) is 60.7 Å². The van der Waals surface area contributed by atoms with E-state index in [4.69, 9.17) is 4.74 Å². The largest absolute Gasteiger partial charge is 0.370 e. The van der Waals surface area contributed by atoms with Crippen LogP contribution in [-0.4, -0.2) is 42.5 Å². The van der Waals surface area contributed by atoms with Gasteiger partial charge in [0.05, 0.1) is 13.2 Å². The minimum Gasteiger partial charge on any atom is -0.370 e. The number of hydrogen-bond donors (Lipinski definition) is 0. The fourth-order valence-corrected chi connectivity index (χ4v) is 3.76. The number of ether oxygens (including phenoxy) is 1. The van der Waals surface area contributed by atoms with Crippen LogP contribution in [0.4, 0.5) is 5.69 Å². The van der Waals surface area contributed by atoms with Crippen molar-refractivity contribution < 1.29 is 14.3 Å². The molecule has 2 unspecified atom stereocenters. The average molecular weight is 350 g/mol. The van der Waals surface area contributed by atoms with Gasteiger partial charge < -0.3 is 9.64 Å². The maximum atomic E-state index is 13.2. The van der Waals surface area contributed by atoms with Crippen LogP contribution in [0.1, 0.15) is 24.5 Å². The molecule has 2 aromatic carbocycles. The topological polar surface area (TPSA) is 49.9 Å². The second-order valence-electron chi connectivity index (χ2n) is 6.71. The van der Waals surface area contributed by atoms with Crippen LogP contribution in [0.5, 0.6) is 0 Å². The number of anilines is 1. The molecule has 0 saturated carbocycles. The second kappa shape index (κ2) is 7.30. The lowest BCUT2D eigenvalue weighted by Gasteiger charge is -2.36. The predicted octanol–water partition coefficient (Wildman–Crippen LogP) is 2.78. The van der Waals surface area contributed by atoms with Gasteiger partial charge in [-0.1, -0.05) is 48.5 Å². The van der Waals surface area contributed by atoms with Crippen LogP contribution in [-0.2, 0) is 14.3 Å². The van der Waals surface area contributed by atoms with Gasteiger partial charge in [0.25, 0.3) is 0 Å². The fraction of sp³-hybridized carbons (Fsp3) is 0.333. The van der Waals surface area contributed by atoms with Gasteiger partial charge in [-0.25, -0.2) is 0 Å². The van der Waals surface area contributed by atoms with Crippen LogP contribution < -0.4 is 4.90 Å². The number of benzene rings is 2. The molecule has 0 N–H and O–H groups in total. The molecule has 26 heavy (non-hydrogen) atoms. The molecule has 2 saturated heterocycles. The van der Waals surface area contributed by atoms with Crippen LogP contribution in [0, 0.1) is 0 Å². The van der Waals surface area contributed by atoms with E-state index in [0.717, 1.165) is 11.3 Å². The van der Waals surface area contributed by atoms with Gasteiger partial charge in [-0.05, 0) is 24.1 Å². The van der Waals surface area contributed by atoms with Crippen LogP contribution >= 0.6 is 0 Å². The maximum Gasteiger partial charge on any atom is 0.245 e. The van der Waals surface area contributed by atoms with E-state index in [0.29, 0.717) is 32.5 Å². The smallest absolute Gasteiger partial charge is 0.245 e. The van der Waals surface area contributed by atoms with E-state index in [1.54, 1.807) is 4.90 Å². The van der Waals surface area contributed by atoms with E-state index in [1.165, 1.54) is 0 Å². The van der Waals surface area contributed by atoms with Crippen molar-refractivity contribution in [3.05, 3.63) is 66.2 Å². The van der Waals surface area contributed by atoms with Crippen molar-refractivity contribution in [2.75, 3.05) is 24.6 Å². The second-order valence-corrected chi connectivity index (χ2v) is 6.71. The summed E-state index contributed by atoms with van der Waals surface area (Å²) in [5, 5.41) is 0. The van der Waals surface area contributed by atoms with E-state index in [2.05, 4.69) is 0 Å². The summed E-state index contributed by atoms with van der Waals surface area (Å²) in [6.07, 6.45) is 0.869. The Morgan fingerprint density at radius 1 is 1.00 bits per heavy atom. The molecule has 5 heteroatoms. The summed E-state index contributed by atoms with van der Waals surface area (Å²) >= 11 is 0. The molecule has 0 spiro atoms. The van der Waals surface area contributed by atoms with Gasteiger partial charge >= 0.3 is 0 Å². The van der Waals surface area contributed by atoms with Crippen molar-refractivity contribution in [1.82, 2.24) is 4.90 Å². The van der Waals surface area contributed by atoms with Crippen molar-refractivity contribution in [2.24, 2.45) is 0 Å². The van der Waals surface area contributed by atoms with Gasteiger partial charge in [-0.3, -0.25) is 14.5 Å². The van der Waals surface area contributed by atoms with Crippen molar-refractivity contribution in [3.8, 4) is 0 Å². The third kappa shape index (κ3) is 3.22. The lowest BCUT2D eigenvalue weighted by atomic mass is 10.1. The van der Waals surface area contributed by atoms with Crippen molar-refractivity contribution in [3.63, 3.8) is 0 Å². The predicted molar refractivity (Wildman–Crippen MR) is 98.7 cm³/mol.